The molecule has 0 spiro atoms. The van der Waals surface area contributed by atoms with Crippen LogP contribution < -0.4 is 0 Å². The summed E-state index contributed by atoms with van der Waals surface area (Å²) in [7, 11) is 0. The molecule has 0 aliphatic carbocycles. The van der Waals surface area contributed by atoms with Gasteiger partial charge in [0.1, 0.15) is 11.2 Å². The van der Waals surface area contributed by atoms with Gasteiger partial charge < -0.3 is 4.42 Å². The fourth-order valence-corrected chi connectivity index (χ4v) is 4.97. The van der Waals surface area contributed by atoms with E-state index < -0.39 is 239 Å². The number of benzene rings is 8. The lowest BCUT2D eigenvalue weighted by Crippen LogP contribution is -1.86. The second kappa shape index (κ2) is 9.44. The molecule has 0 unspecified atom stereocenters. The maximum absolute atomic E-state index is 9.64. The summed E-state index contributed by atoms with van der Waals surface area (Å²) in [4.78, 5) is 0. The topological polar surface area (TPSA) is 13.1 Å². The maximum atomic E-state index is 9.64. The van der Waals surface area contributed by atoms with Crippen LogP contribution in [-0.4, -0.2) is 0 Å². The zero-order chi connectivity index (χ0) is 51.0. The van der Waals surface area contributed by atoms with E-state index in [0.29, 0.717) is 0 Å². The second-order valence-electron chi connectivity index (χ2n) is 9.26. The van der Waals surface area contributed by atoms with Crippen molar-refractivity contribution < 1.29 is 40.1 Å². The standard InChI is InChI=1S/C42H26O/c1-2-16-35-33(14-1)34-15-3-4-17-36(34)40-26-30(22-23-37(35)40)28-11-7-10-27(24-28)29-12-8-13-31(25-29)32-19-9-20-39-38-18-5-6-21-41(38)43-42(32)39/h1-26H/i1D,2D,3D,4D,5D,6D,7D,8D,9D,10D,11D,12D,13D,14D,15D,16D,17D,18D,19D,20D,21D,22D,23D,24D,25D,26D. The molecule has 8 aromatic carbocycles. The largest absolute Gasteiger partial charge is 0.455 e. The van der Waals surface area contributed by atoms with Crippen LogP contribution in [0.4, 0.5) is 0 Å². The highest BCUT2D eigenvalue weighted by molar-refractivity contribution is 6.25. The molecule has 0 bridgehead atoms. The molecule has 1 heteroatoms. The van der Waals surface area contributed by atoms with E-state index in [2.05, 4.69) is 0 Å². The van der Waals surface area contributed by atoms with Crippen molar-refractivity contribution in [3.05, 3.63) is 157 Å². The molecule has 0 radical (unpaired) electrons. The van der Waals surface area contributed by atoms with Crippen LogP contribution in [0.2, 0.25) is 0 Å². The first-order valence-corrected chi connectivity index (χ1v) is 12.7. The number of hydrogen-bond acceptors (Lipinski definition) is 1. The van der Waals surface area contributed by atoms with E-state index in [1.54, 1.807) is 0 Å². The van der Waals surface area contributed by atoms with Gasteiger partial charge >= 0.3 is 0 Å². The van der Waals surface area contributed by atoms with Crippen LogP contribution in [0.25, 0.3) is 87.6 Å². The first kappa shape index (κ1) is 9.69. The predicted octanol–water partition coefficient (Wildman–Crippen LogP) is 12.0. The van der Waals surface area contributed by atoms with Crippen LogP contribution >= 0.6 is 0 Å². The highest BCUT2D eigenvalue weighted by Crippen LogP contribution is 2.39. The molecule has 0 saturated carbocycles. The van der Waals surface area contributed by atoms with Crippen molar-refractivity contribution in [1.82, 2.24) is 0 Å². The van der Waals surface area contributed by atoms with Gasteiger partial charge in [-0.05, 0) is 84.3 Å². The highest BCUT2D eigenvalue weighted by atomic mass is 16.3. The van der Waals surface area contributed by atoms with Crippen molar-refractivity contribution in [3.63, 3.8) is 0 Å². The smallest absolute Gasteiger partial charge is 0.143 e. The first-order chi connectivity index (χ1) is 32.2. The predicted molar refractivity (Wildman–Crippen MR) is 183 cm³/mol. The van der Waals surface area contributed by atoms with Gasteiger partial charge in [-0.3, -0.25) is 0 Å². The summed E-state index contributed by atoms with van der Waals surface area (Å²) in [6.45, 7) is 0. The molecular formula is C42H26O. The van der Waals surface area contributed by atoms with E-state index in [1.165, 1.54) is 0 Å². The van der Waals surface area contributed by atoms with Crippen molar-refractivity contribution in [2.24, 2.45) is 0 Å². The SMILES string of the molecule is [2H]c1c([2H])c(-c2c([2H])c([2H])c([2H])c(-c3c([2H])c([2H])c([2H])c4c3oc3c([2H])c([2H])c([2H])c([2H])c34)c2[2H])c([2H])c(-c2c([2H])c([2H])c3c4c([2H])c([2H])c([2H])c([2H])c4c4c([2H])c([2H])c([2H])c([2H])c4c3c2[2H])c1[2H]. The molecule has 0 aliphatic heterocycles. The van der Waals surface area contributed by atoms with Gasteiger partial charge in [-0.1, -0.05) is 133 Å². The summed E-state index contributed by atoms with van der Waals surface area (Å²) in [5.41, 5.74) is -5.98. The highest BCUT2D eigenvalue weighted by Gasteiger charge is 2.13. The van der Waals surface area contributed by atoms with Crippen molar-refractivity contribution in [2.45, 2.75) is 0 Å². The van der Waals surface area contributed by atoms with Crippen molar-refractivity contribution in [2.75, 3.05) is 0 Å². The maximum Gasteiger partial charge on any atom is 0.143 e. The Kier molecular flexibility index (Phi) is 2.13. The molecule has 0 aliphatic rings. The van der Waals surface area contributed by atoms with Crippen LogP contribution in [0.1, 0.15) is 35.6 Å². The summed E-state index contributed by atoms with van der Waals surface area (Å²) < 4.78 is 236. The minimum Gasteiger partial charge on any atom is -0.455 e. The second-order valence-corrected chi connectivity index (χ2v) is 9.26. The normalized spacial score (nSPS) is 20.2. The average Bonchev–Trinajstić information content (AvgIpc) is 3.72. The van der Waals surface area contributed by atoms with Crippen molar-refractivity contribution in [1.29, 1.82) is 0 Å². The quantitative estimate of drug-likeness (QED) is 0.192. The lowest BCUT2D eigenvalue weighted by Gasteiger charge is -2.13. The molecule has 200 valence electrons. The van der Waals surface area contributed by atoms with E-state index >= 15 is 0 Å². The Balaban J connectivity index is 1.46. The number of hydrogen-bond donors (Lipinski definition) is 0. The number of para-hydroxylation sites is 2. The van der Waals surface area contributed by atoms with E-state index in [9.17, 15) is 6.85 Å². The lowest BCUT2D eigenvalue weighted by atomic mass is 9.91. The van der Waals surface area contributed by atoms with Gasteiger partial charge in [-0.15, -0.1) is 0 Å². The minimum atomic E-state index is -1.06. The van der Waals surface area contributed by atoms with Gasteiger partial charge in [0.25, 0.3) is 0 Å². The van der Waals surface area contributed by atoms with Gasteiger partial charge in [-0.2, -0.15) is 0 Å². The first-order valence-electron chi connectivity index (χ1n) is 25.7. The third-order valence-corrected chi connectivity index (χ3v) is 6.87. The Hall–Kier alpha value is -5.66. The minimum absolute atomic E-state index is 0.382. The Morgan fingerprint density at radius 1 is 0.326 bits per heavy atom. The molecule has 9 aromatic rings. The van der Waals surface area contributed by atoms with Crippen LogP contribution in [0.3, 0.4) is 0 Å². The lowest BCUT2D eigenvalue weighted by molar-refractivity contribution is 0.670. The molecule has 43 heavy (non-hydrogen) atoms. The fourth-order valence-electron chi connectivity index (χ4n) is 4.97. The van der Waals surface area contributed by atoms with Gasteiger partial charge in [-0.25, -0.2) is 0 Å². The van der Waals surface area contributed by atoms with E-state index in [4.69, 9.17) is 33.2 Å². The summed E-state index contributed by atoms with van der Waals surface area (Å²) in [6.07, 6.45) is 0. The van der Waals surface area contributed by atoms with Crippen LogP contribution in [-0.2, 0) is 0 Å². The fraction of sp³-hybridized carbons (Fsp3) is 0. The van der Waals surface area contributed by atoms with E-state index in [0.717, 1.165) is 0 Å². The zero-order valence-electron chi connectivity index (χ0n) is 47.4. The summed E-state index contributed by atoms with van der Waals surface area (Å²) >= 11 is 0. The summed E-state index contributed by atoms with van der Waals surface area (Å²) in [5, 5.41) is -3.89. The van der Waals surface area contributed by atoms with Crippen LogP contribution in [0, 0.1) is 0 Å². The van der Waals surface area contributed by atoms with Crippen LogP contribution in [0.15, 0.2) is 162 Å². The Labute approximate surface area is 285 Å². The molecule has 0 amide bonds. The molecule has 9 rings (SSSR count). The Morgan fingerprint density at radius 2 is 0.791 bits per heavy atom. The average molecular weight is 573 g/mol. The third-order valence-electron chi connectivity index (χ3n) is 6.87. The Morgan fingerprint density at radius 3 is 1.47 bits per heavy atom. The zero-order valence-corrected chi connectivity index (χ0v) is 21.4. The molecule has 0 fully saturated rings. The summed E-state index contributed by atoms with van der Waals surface area (Å²) in [5.74, 6) is 0. The molecule has 1 nitrogen and oxygen atoms in total. The third kappa shape index (κ3) is 3.79. The van der Waals surface area contributed by atoms with E-state index in [-0.39, 0.29) is 5.39 Å². The van der Waals surface area contributed by atoms with E-state index in [1.807, 2.05) is 0 Å². The Bertz CT molecular complexity index is 3920. The number of fused-ring (bicyclic) bond motifs is 9. The number of rotatable bonds is 3. The monoisotopic (exact) mass is 572 g/mol. The number of furan rings is 1. The van der Waals surface area contributed by atoms with Crippen molar-refractivity contribution in [3.8, 4) is 33.4 Å². The molecule has 0 atom stereocenters. The van der Waals surface area contributed by atoms with Gasteiger partial charge in [0.15, 0.2) is 0 Å². The van der Waals surface area contributed by atoms with Crippen LogP contribution in [0.5, 0.6) is 0 Å². The van der Waals surface area contributed by atoms with Crippen molar-refractivity contribution >= 4 is 54.3 Å². The molecular weight excluding hydrogens is 520 g/mol. The van der Waals surface area contributed by atoms with Gasteiger partial charge in [0.2, 0.25) is 0 Å². The van der Waals surface area contributed by atoms with Gasteiger partial charge in [0, 0.05) is 16.3 Å². The molecule has 1 aromatic heterocycles. The molecule has 1 heterocycles. The van der Waals surface area contributed by atoms with Gasteiger partial charge in [0.05, 0.1) is 35.6 Å². The molecule has 0 N–H and O–H groups in total. The summed E-state index contributed by atoms with van der Waals surface area (Å²) in [6, 6.07) is -22.9. The molecule has 0 saturated heterocycles.